The Labute approximate surface area is 118 Å². The van der Waals surface area contributed by atoms with Gasteiger partial charge in [0.15, 0.2) is 5.78 Å². The molecule has 0 heterocycles. The Morgan fingerprint density at radius 2 is 1.70 bits per heavy atom. The zero-order valence-electron chi connectivity index (χ0n) is 11.6. The molecular formula is C17H17NO2. The minimum absolute atomic E-state index is 0.00340. The van der Waals surface area contributed by atoms with Gasteiger partial charge >= 0.3 is 0 Å². The number of rotatable bonds is 4. The third-order valence-electron chi connectivity index (χ3n) is 3.20. The first-order valence-corrected chi connectivity index (χ1v) is 6.51. The fraction of sp³-hybridized carbons (Fsp3) is 0.176. The molecule has 0 saturated heterocycles. The maximum atomic E-state index is 11.4. The van der Waals surface area contributed by atoms with Crippen LogP contribution in [0.5, 0.6) is 0 Å². The lowest BCUT2D eigenvalue weighted by Crippen LogP contribution is -2.19. The summed E-state index contributed by atoms with van der Waals surface area (Å²) in [6.07, 6.45) is 0.379. The summed E-state index contributed by atoms with van der Waals surface area (Å²) in [4.78, 5) is 22.7. The molecule has 3 heteroatoms. The molecule has 0 aromatic heterocycles. The summed E-state index contributed by atoms with van der Waals surface area (Å²) in [5.41, 5.74) is 3.71. The fourth-order valence-corrected chi connectivity index (χ4v) is 2.01. The van der Waals surface area contributed by atoms with Crippen LogP contribution in [0.2, 0.25) is 0 Å². The van der Waals surface area contributed by atoms with Crippen LogP contribution in [-0.4, -0.2) is 18.7 Å². The van der Waals surface area contributed by atoms with Crippen molar-refractivity contribution in [3.05, 3.63) is 59.7 Å². The highest BCUT2D eigenvalue weighted by atomic mass is 16.1. The standard InChI is InChI=1S/C17H17NO2/c1-12(19)15-4-3-5-16(11-15)14-8-6-13(7-9-14)10-17(20)18-2/h3-9,11H,10H2,1-2H3,(H,18,20). The second kappa shape index (κ2) is 6.15. The Balaban J connectivity index is 2.23. The molecule has 0 unspecified atom stereocenters. The van der Waals surface area contributed by atoms with Gasteiger partial charge in [0, 0.05) is 12.6 Å². The van der Waals surface area contributed by atoms with E-state index in [1.165, 1.54) is 0 Å². The minimum atomic E-state index is -0.00340. The summed E-state index contributed by atoms with van der Waals surface area (Å²) in [6, 6.07) is 15.4. The van der Waals surface area contributed by atoms with Crippen molar-refractivity contribution in [2.75, 3.05) is 7.05 Å². The quantitative estimate of drug-likeness (QED) is 0.866. The highest BCUT2D eigenvalue weighted by Gasteiger charge is 2.04. The van der Waals surface area contributed by atoms with Crippen LogP contribution in [0.25, 0.3) is 11.1 Å². The molecule has 0 spiro atoms. The normalized spacial score (nSPS) is 10.1. The van der Waals surface area contributed by atoms with Crippen molar-refractivity contribution in [1.29, 1.82) is 0 Å². The molecule has 1 amide bonds. The summed E-state index contributed by atoms with van der Waals surface area (Å²) in [5.74, 6) is 0.0550. The van der Waals surface area contributed by atoms with Gasteiger partial charge in [-0.3, -0.25) is 9.59 Å². The van der Waals surface area contributed by atoms with Gasteiger partial charge in [0.1, 0.15) is 0 Å². The van der Waals surface area contributed by atoms with Crippen molar-refractivity contribution < 1.29 is 9.59 Å². The van der Waals surface area contributed by atoms with Gasteiger partial charge in [-0.1, -0.05) is 42.5 Å². The smallest absolute Gasteiger partial charge is 0.224 e. The summed E-state index contributed by atoms with van der Waals surface area (Å²) in [7, 11) is 1.63. The average molecular weight is 267 g/mol. The van der Waals surface area contributed by atoms with E-state index in [2.05, 4.69) is 5.32 Å². The van der Waals surface area contributed by atoms with Crippen LogP contribution in [0.15, 0.2) is 48.5 Å². The molecule has 0 aliphatic carbocycles. The number of likely N-dealkylation sites (N-methyl/N-ethyl adjacent to an activating group) is 1. The minimum Gasteiger partial charge on any atom is -0.359 e. The number of nitrogens with one attached hydrogen (secondary N) is 1. The zero-order chi connectivity index (χ0) is 14.5. The highest BCUT2D eigenvalue weighted by Crippen LogP contribution is 2.21. The maximum absolute atomic E-state index is 11.4. The third kappa shape index (κ3) is 3.32. The summed E-state index contributed by atoms with van der Waals surface area (Å²) in [5, 5.41) is 2.60. The summed E-state index contributed by atoms with van der Waals surface area (Å²) in [6.45, 7) is 1.56. The van der Waals surface area contributed by atoms with Crippen LogP contribution in [0.1, 0.15) is 22.8 Å². The second-order valence-corrected chi connectivity index (χ2v) is 4.68. The van der Waals surface area contributed by atoms with E-state index in [-0.39, 0.29) is 11.7 Å². The van der Waals surface area contributed by atoms with Crippen molar-refractivity contribution >= 4 is 11.7 Å². The van der Waals surface area contributed by atoms with Crippen LogP contribution < -0.4 is 5.32 Å². The number of Topliss-reactive ketones (excluding diaryl/α,β-unsaturated/α-hetero) is 1. The van der Waals surface area contributed by atoms with Crippen LogP contribution in [0.3, 0.4) is 0 Å². The molecule has 0 bridgehead atoms. The van der Waals surface area contributed by atoms with Crippen molar-refractivity contribution in [3.63, 3.8) is 0 Å². The monoisotopic (exact) mass is 267 g/mol. The molecule has 1 N–H and O–H groups in total. The van der Waals surface area contributed by atoms with E-state index in [0.717, 1.165) is 16.7 Å². The molecule has 102 valence electrons. The lowest BCUT2D eigenvalue weighted by molar-refractivity contribution is -0.119. The molecule has 0 fully saturated rings. The molecule has 0 aliphatic heterocycles. The topological polar surface area (TPSA) is 46.2 Å². The van der Waals surface area contributed by atoms with E-state index in [1.807, 2.05) is 48.5 Å². The Morgan fingerprint density at radius 3 is 2.30 bits per heavy atom. The molecule has 3 nitrogen and oxygen atoms in total. The van der Waals surface area contributed by atoms with Gasteiger partial charge in [0.2, 0.25) is 5.91 Å². The Morgan fingerprint density at radius 1 is 1.00 bits per heavy atom. The molecule has 2 aromatic rings. The van der Waals surface area contributed by atoms with Crippen molar-refractivity contribution in [1.82, 2.24) is 5.32 Å². The lowest BCUT2D eigenvalue weighted by Gasteiger charge is -2.05. The van der Waals surface area contributed by atoms with Gasteiger partial charge in [-0.2, -0.15) is 0 Å². The molecule has 0 saturated carbocycles. The van der Waals surface area contributed by atoms with E-state index < -0.39 is 0 Å². The van der Waals surface area contributed by atoms with Crippen LogP contribution in [0.4, 0.5) is 0 Å². The number of amides is 1. The predicted molar refractivity (Wildman–Crippen MR) is 79.7 cm³/mol. The Bertz CT molecular complexity index is 630. The Hall–Kier alpha value is -2.42. The number of hydrogen-bond donors (Lipinski definition) is 1. The van der Waals surface area contributed by atoms with E-state index in [0.29, 0.717) is 12.0 Å². The highest BCUT2D eigenvalue weighted by molar-refractivity contribution is 5.95. The van der Waals surface area contributed by atoms with Gasteiger partial charge in [0.25, 0.3) is 0 Å². The van der Waals surface area contributed by atoms with Crippen molar-refractivity contribution in [2.24, 2.45) is 0 Å². The molecule has 0 aliphatic rings. The van der Waals surface area contributed by atoms with E-state index >= 15 is 0 Å². The molecular weight excluding hydrogens is 250 g/mol. The molecule has 0 atom stereocenters. The third-order valence-corrected chi connectivity index (χ3v) is 3.20. The first-order valence-electron chi connectivity index (χ1n) is 6.51. The largest absolute Gasteiger partial charge is 0.359 e. The predicted octanol–water partition coefficient (Wildman–Crippen LogP) is 2.84. The van der Waals surface area contributed by atoms with Crippen molar-refractivity contribution in [3.8, 4) is 11.1 Å². The fourth-order valence-electron chi connectivity index (χ4n) is 2.01. The average Bonchev–Trinajstić information content (AvgIpc) is 2.48. The van der Waals surface area contributed by atoms with Gasteiger partial charge < -0.3 is 5.32 Å². The summed E-state index contributed by atoms with van der Waals surface area (Å²) >= 11 is 0. The van der Waals surface area contributed by atoms with Crippen LogP contribution >= 0.6 is 0 Å². The molecule has 2 rings (SSSR count). The first-order chi connectivity index (χ1) is 9.60. The Kier molecular flexibility index (Phi) is 4.31. The number of carbonyl (C=O) groups excluding carboxylic acids is 2. The van der Waals surface area contributed by atoms with E-state index in [1.54, 1.807) is 14.0 Å². The SMILES string of the molecule is CNC(=O)Cc1ccc(-c2cccc(C(C)=O)c2)cc1. The van der Waals surface area contributed by atoms with E-state index in [4.69, 9.17) is 0 Å². The second-order valence-electron chi connectivity index (χ2n) is 4.68. The molecule has 2 aromatic carbocycles. The van der Waals surface area contributed by atoms with Gasteiger partial charge in [-0.05, 0) is 29.7 Å². The number of carbonyl (C=O) groups is 2. The van der Waals surface area contributed by atoms with Gasteiger partial charge in [-0.15, -0.1) is 0 Å². The molecule has 20 heavy (non-hydrogen) atoms. The summed E-state index contributed by atoms with van der Waals surface area (Å²) < 4.78 is 0. The zero-order valence-corrected chi connectivity index (χ0v) is 11.6. The van der Waals surface area contributed by atoms with Gasteiger partial charge in [0.05, 0.1) is 6.42 Å². The maximum Gasteiger partial charge on any atom is 0.224 e. The van der Waals surface area contributed by atoms with Crippen LogP contribution in [-0.2, 0) is 11.2 Å². The number of benzene rings is 2. The molecule has 0 radical (unpaired) electrons. The van der Waals surface area contributed by atoms with Gasteiger partial charge in [-0.25, -0.2) is 0 Å². The number of hydrogen-bond acceptors (Lipinski definition) is 2. The van der Waals surface area contributed by atoms with E-state index in [9.17, 15) is 9.59 Å². The lowest BCUT2D eigenvalue weighted by atomic mass is 10.00. The number of ketones is 1. The van der Waals surface area contributed by atoms with Crippen LogP contribution in [0, 0.1) is 0 Å². The first kappa shape index (κ1) is 14.0. The van der Waals surface area contributed by atoms with Crippen molar-refractivity contribution in [2.45, 2.75) is 13.3 Å².